The molecule has 2 rings (SSSR count). The molecule has 0 fully saturated rings. The lowest BCUT2D eigenvalue weighted by Gasteiger charge is -2.07. The minimum absolute atomic E-state index is 0.184. The molecule has 0 radical (unpaired) electrons. The van der Waals surface area contributed by atoms with Crippen molar-refractivity contribution in [2.24, 2.45) is 0 Å². The molecular formula is C15H11NO3. The van der Waals surface area contributed by atoms with Crippen LogP contribution in [0, 0.1) is 11.3 Å². The first-order valence-electron chi connectivity index (χ1n) is 5.64. The Morgan fingerprint density at radius 1 is 1.21 bits per heavy atom. The quantitative estimate of drug-likeness (QED) is 0.909. The Morgan fingerprint density at radius 3 is 2.74 bits per heavy atom. The minimum atomic E-state index is -0.989. The maximum Gasteiger partial charge on any atom is 0.335 e. The molecule has 0 aromatic heterocycles. The molecule has 0 bridgehead atoms. The van der Waals surface area contributed by atoms with Gasteiger partial charge in [0.2, 0.25) is 0 Å². The molecule has 0 saturated carbocycles. The molecule has 0 aliphatic carbocycles. The molecule has 0 aliphatic heterocycles. The first-order chi connectivity index (χ1) is 9.19. The largest absolute Gasteiger partial charge is 0.489 e. The zero-order valence-electron chi connectivity index (χ0n) is 10.0. The molecule has 94 valence electrons. The van der Waals surface area contributed by atoms with Gasteiger partial charge < -0.3 is 9.84 Å². The number of nitrogens with zero attached hydrogens (tertiary/aromatic N) is 1. The lowest BCUT2D eigenvalue weighted by atomic mass is 10.1. The fraction of sp³-hybridized carbons (Fsp3) is 0.0667. The highest BCUT2D eigenvalue weighted by atomic mass is 16.5. The number of aromatic carboxylic acids is 1. The molecule has 2 aromatic carbocycles. The molecule has 1 N–H and O–H groups in total. The highest BCUT2D eigenvalue weighted by Crippen LogP contribution is 2.15. The Labute approximate surface area is 110 Å². The Kier molecular flexibility index (Phi) is 3.79. The highest BCUT2D eigenvalue weighted by Gasteiger charge is 2.04. The van der Waals surface area contributed by atoms with Crippen molar-refractivity contribution in [3.63, 3.8) is 0 Å². The van der Waals surface area contributed by atoms with Crippen LogP contribution in [0.1, 0.15) is 21.5 Å². The molecule has 0 spiro atoms. The number of carboxylic acids is 1. The highest BCUT2D eigenvalue weighted by molar-refractivity contribution is 5.87. The van der Waals surface area contributed by atoms with E-state index in [4.69, 9.17) is 15.1 Å². The van der Waals surface area contributed by atoms with Gasteiger partial charge in [-0.3, -0.25) is 0 Å². The summed E-state index contributed by atoms with van der Waals surface area (Å²) in [5.74, 6) is -0.501. The van der Waals surface area contributed by atoms with Gasteiger partial charge in [-0.15, -0.1) is 0 Å². The van der Waals surface area contributed by atoms with E-state index in [2.05, 4.69) is 6.07 Å². The van der Waals surface area contributed by atoms with Gasteiger partial charge in [0.15, 0.2) is 0 Å². The van der Waals surface area contributed by atoms with Crippen LogP contribution in [0.3, 0.4) is 0 Å². The zero-order valence-corrected chi connectivity index (χ0v) is 10.0. The van der Waals surface area contributed by atoms with E-state index in [1.807, 2.05) is 6.07 Å². The Bertz CT molecular complexity index is 644. The average Bonchev–Trinajstić information content (AvgIpc) is 2.45. The smallest absolute Gasteiger partial charge is 0.335 e. The third-order valence-corrected chi connectivity index (χ3v) is 2.54. The second-order valence-electron chi connectivity index (χ2n) is 3.93. The summed E-state index contributed by atoms with van der Waals surface area (Å²) in [4.78, 5) is 10.8. The molecule has 0 unspecified atom stereocenters. The van der Waals surface area contributed by atoms with Crippen molar-refractivity contribution < 1.29 is 14.6 Å². The lowest BCUT2D eigenvalue weighted by molar-refractivity contribution is 0.0696. The SMILES string of the molecule is N#Cc1cccc(COc2cccc(C(=O)O)c2)c1. The van der Waals surface area contributed by atoms with E-state index < -0.39 is 5.97 Å². The maximum atomic E-state index is 10.8. The molecule has 0 saturated heterocycles. The molecule has 4 nitrogen and oxygen atoms in total. The Hall–Kier alpha value is -2.80. The van der Waals surface area contributed by atoms with Crippen LogP contribution in [-0.2, 0) is 6.61 Å². The van der Waals surface area contributed by atoms with Gasteiger partial charge in [0.25, 0.3) is 0 Å². The first kappa shape index (κ1) is 12.7. The fourth-order valence-corrected chi connectivity index (χ4v) is 1.62. The van der Waals surface area contributed by atoms with Crippen molar-refractivity contribution in [3.05, 3.63) is 65.2 Å². The number of nitriles is 1. The van der Waals surface area contributed by atoms with Crippen LogP contribution >= 0.6 is 0 Å². The second-order valence-corrected chi connectivity index (χ2v) is 3.93. The second kappa shape index (κ2) is 5.69. The van der Waals surface area contributed by atoms with Crippen LogP contribution in [0.2, 0.25) is 0 Å². The lowest BCUT2D eigenvalue weighted by Crippen LogP contribution is -1.99. The van der Waals surface area contributed by atoms with Crippen molar-refractivity contribution >= 4 is 5.97 Å². The van der Waals surface area contributed by atoms with Crippen LogP contribution in [0.15, 0.2) is 48.5 Å². The van der Waals surface area contributed by atoms with Gasteiger partial charge in [-0.2, -0.15) is 5.26 Å². The molecular weight excluding hydrogens is 242 g/mol. The van der Waals surface area contributed by atoms with E-state index in [1.165, 1.54) is 12.1 Å². The minimum Gasteiger partial charge on any atom is -0.489 e. The molecule has 2 aromatic rings. The topological polar surface area (TPSA) is 70.3 Å². The van der Waals surface area contributed by atoms with Gasteiger partial charge in [0.05, 0.1) is 17.2 Å². The van der Waals surface area contributed by atoms with Gasteiger partial charge in [-0.05, 0) is 35.9 Å². The summed E-state index contributed by atoms with van der Waals surface area (Å²) in [5.41, 5.74) is 1.61. The van der Waals surface area contributed by atoms with Crippen molar-refractivity contribution in [3.8, 4) is 11.8 Å². The summed E-state index contributed by atoms with van der Waals surface area (Å²) in [7, 11) is 0. The van der Waals surface area contributed by atoms with Crippen LogP contribution in [0.25, 0.3) is 0 Å². The number of carboxylic acid groups (broad SMARTS) is 1. The number of hydrogen-bond acceptors (Lipinski definition) is 3. The van der Waals surface area contributed by atoms with Crippen LogP contribution in [0.5, 0.6) is 5.75 Å². The number of rotatable bonds is 4. The van der Waals surface area contributed by atoms with Crippen molar-refractivity contribution in [1.82, 2.24) is 0 Å². The van der Waals surface area contributed by atoms with Crippen molar-refractivity contribution in [1.29, 1.82) is 5.26 Å². The summed E-state index contributed by atoms with van der Waals surface area (Å²) in [6.45, 7) is 0.290. The first-order valence-corrected chi connectivity index (χ1v) is 5.64. The zero-order chi connectivity index (χ0) is 13.7. The van der Waals surface area contributed by atoms with Gasteiger partial charge in [-0.1, -0.05) is 18.2 Å². The van der Waals surface area contributed by atoms with E-state index in [0.717, 1.165) is 5.56 Å². The summed E-state index contributed by atoms with van der Waals surface area (Å²) in [6, 6.07) is 15.4. The van der Waals surface area contributed by atoms with Crippen molar-refractivity contribution in [2.75, 3.05) is 0 Å². The molecule has 0 atom stereocenters. The predicted octanol–water partition coefficient (Wildman–Crippen LogP) is 2.84. The summed E-state index contributed by atoms with van der Waals surface area (Å²) in [5, 5.41) is 17.7. The van der Waals surface area contributed by atoms with E-state index in [0.29, 0.717) is 17.9 Å². The summed E-state index contributed by atoms with van der Waals surface area (Å²) < 4.78 is 5.51. The number of ether oxygens (including phenoxy) is 1. The van der Waals surface area contributed by atoms with Gasteiger partial charge in [-0.25, -0.2) is 4.79 Å². The van der Waals surface area contributed by atoms with E-state index >= 15 is 0 Å². The molecule has 0 aliphatic rings. The van der Waals surface area contributed by atoms with Crippen LogP contribution in [0.4, 0.5) is 0 Å². The van der Waals surface area contributed by atoms with E-state index in [9.17, 15) is 4.79 Å². The van der Waals surface area contributed by atoms with Crippen LogP contribution in [-0.4, -0.2) is 11.1 Å². The molecule has 0 amide bonds. The predicted molar refractivity (Wildman–Crippen MR) is 68.9 cm³/mol. The average molecular weight is 253 g/mol. The monoisotopic (exact) mass is 253 g/mol. The normalized spacial score (nSPS) is 9.63. The maximum absolute atomic E-state index is 10.8. The number of benzene rings is 2. The third kappa shape index (κ3) is 3.33. The number of hydrogen-bond donors (Lipinski definition) is 1. The Morgan fingerprint density at radius 2 is 2.00 bits per heavy atom. The fourth-order valence-electron chi connectivity index (χ4n) is 1.62. The molecule has 19 heavy (non-hydrogen) atoms. The number of carbonyl (C=O) groups is 1. The van der Waals surface area contributed by atoms with E-state index in [-0.39, 0.29) is 5.56 Å². The van der Waals surface area contributed by atoms with Crippen LogP contribution < -0.4 is 4.74 Å². The molecule has 4 heteroatoms. The Balaban J connectivity index is 2.08. The van der Waals surface area contributed by atoms with Crippen molar-refractivity contribution in [2.45, 2.75) is 6.61 Å². The van der Waals surface area contributed by atoms with Gasteiger partial charge >= 0.3 is 5.97 Å². The van der Waals surface area contributed by atoms with Gasteiger partial charge in [0.1, 0.15) is 12.4 Å². The van der Waals surface area contributed by atoms with Gasteiger partial charge in [0, 0.05) is 0 Å². The summed E-state index contributed by atoms with van der Waals surface area (Å²) >= 11 is 0. The summed E-state index contributed by atoms with van der Waals surface area (Å²) in [6.07, 6.45) is 0. The molecule has 0 heterocycles. The van der Waals surface area contributed by atoms with E-state index in [1.54, 1.807) is 30.3 Å². The standard InChI is InChI=1S/C15H11NO3/c16-9-11-3-1-4-12(7-11)10-19-14-6-2-5-13(8-14)15(17)18/h1-8H,10H2,(H,17,18). The third-order valence-electron chi connectivity index (χ3n) is 2.54.